The summed E-state index contributed by atoms with van der Waals surface area (Å²) in [6.07, 6.45) is 1.84. The lowest BCUT2D eigenvalue weighted by Crippen LogP contribution is -1.97. The van der Waals surface area contributed by atoms with Crippen LogP contribution in [0.15, 0.2) is 39.2 Å². The highest BCUT2D eigenvalue weighted by Crippen LogP contribution is 2.30. The van der Waals surface area contributed by atoms with Crippen LogP contribution >= 0.6 is 11.8 Å². The van der Waals surface area contributed by atoms with Crippen LogP contribution in [0.1, 0.15) is 23.7 Å². The molecule has 0 atom stereocenters. The molecule has 1 aromatic carbocycles. The number of hydrogen-bond acceptors (Lipinski definition) is 6. The van der Waals surface area contributed by atoms with Gasteiger partial charge in [0.25, 0.3) is 5.22 Å². The second-order valence-electron chi connectivity index (χ2n) is 5.14. The fourth-order valence-corrected chi connectivity index (χ4v) is 2.93. The van der Waals surface area contributed by atoms with E-state index in [0.29, 0.717) is 18.0 Å². The van der Waals surface area contributed by atoms with E-state index < -0.39 is 5.82 Å². The van der Waals surface area contributed by atoms with E-state index >= 15 is 0 Å². The highest BCUT2D eigenvalue weighted by Gasteiger charge is 2.16. The molecule has 0 aliphatic heterocycles. The molecule has 0 unspecified atom stereocenters. The average molecular weight is 330 g/mol. The van der Waals surface area contributed by atoms with Crippen molar-refractivity contribution in [2.45, 2.75) is 37.4 Å². The van der Waals surface area contributed by atoms with E-state index in [-0.39, 0.29) is 10.2 Å². The fraction of sp³-hybridized carbons (Fsp3) is 0.250. The molecule has 0 N–H and O–H groups in total. The van der Waals surface area contributed by atoms with E-state index in [2.05, 4.69) is 26.2 Å². The first-order chi connectivity index (χ1) is 11.1. The maximum absolute atomic E-state index is 14.2. The minimum Gasteiger partial charge on any atom is -0.411 e. The third-order valence-corrected chi connectivity index (χ3v) is 4.04. The van der Waals surface area contributed by atoms with Crippen molar-refractivity contribution in [2.24, 2.45) is 0 Å². The molecule has 0 amide bonds. The van der Waals surface area contributed by atoms with Crippen molar-refractivity contribution in [2.75, 3.05) is 0 Å². The molecule has 7 heteroatoms. The first kappa shape index (κ1) is 15.6. The Kier molecular flexibility index (Phi) is 4.38. The highest BCUT2D eigenvalue weighted by molar-refractivity contribution is 7.99. The minimum absolute atomic E-state index is 0.187. The Labute approximate surface area is 137 Å². The van der Waals surface area contributed by atoms with Crippen molar-refractivity contribution in [1.29, 1.82) is 0 Å². The summed E-state index contributed by atoms with van der Waals surface area (Å²) >= 11 is 1.00. The Morgan fingerprint density at radius 2 is 1.83 bits per heavy atom. The van der Waals surface area contributed by atoms with Crippen LogP contribution < -0.4 is 0 Å². The fourth-order valence-electron chi connectivity index (χ4n) is 2.25. The predicted molar refractivity (Wildman–Crippen MR) is 84.7 cm³/mol. The van der Waals surface area contributed by atoms with Gasteiger partial charge in [0, 0.05) is 5.56 Å². The van der Waals surface area contributed by atoms with Gasteiger partial charge in [0.05, 0.1) is 5.69 Å². The molecule has 118 valence electrons. The SMILES string of the molecule is CCc1ncnc(Sc2nnc(-c3cc(C)cc(C)c3)o2)c1F. The van der Waals surface area contributed by atoms with Crippen molar-refractivity contribution < 1.29 is 8.81 Å². The zero-order valence-corrected chi connectivity index (χ0v) is 13.8. The molecular formula is C16H15FN4OS. The molecule has 0 spiro atoms. The number of nitrogens with zero attached hydrogens (tertiary/aromatic N) is 4. The lowest BCUT2D eigenvalue weighted by Gasteiger charge is -2.02. The van der Waals surface area contributed by atoms with Crippen LogP contribution in [0, 0.1) is 19.7 Å². The highest BCUT2D eigenvalue weighted by atomic mass is 32.2. The molecule has 0 bridgehead atoms. The molecule has 0 saturated heterocycles. The molecule has 3 aromatic rings. The first-order valence-electron chi connectivity index (χ1n) is 7.16. The maximum Gasteiger partial charge on any atom is 0.283 e. The van der Waals surface area contributed by atoms with Gasteiger partial charge in [-0.25, -0.2) is 14.4 Å². The Hall–Kier alpha value is -2.28. The number of benzene rings is 1. The van der Waals surface area contributed by atoms with Crippen molar-refractivity contribution in [1.82, 2.24) is 20.2 Å². The summed E-state index contributed by atoms with van der Waals surface area (Å²) in [5, 5.41) is 8.43. The van der Waals surface area contributed by atoms with Crippen LogP contribution in [-0.4, -0.2) is 20.2 Å². The molecule has 0 fully saturated rings. The largest absolute Gasteiger partial charge is 0.411 e. The summed E-state index contributed by atoms with van der Waals surface area (Å²) in [4.78, 5) is 7.85. The summed E-state index contributed by atoms with van der Waals surface area (Å²) in [6.45, 7) is 5.85. The van der Waals surface area contributed by atoms with Crippen LogP contribution in [0.4, 0.5) is 4.39 Å². The molecule has 5 nitrogen and oxygen atoms in total. The van der Waals surface area contributed by atoms with Gasteiger partial charge < -0.3 is 4.42 Å². The van der Waals surface area contributed by atoms with Gasteiger partial charge in [-0.2, -0.15) is 0 Å². The van der Waals surface area contributed by atoms with Gasteiger partial charge in [0.2, 0.25) is 5.89 Å². The third-order valence-electron chi connectivity index (χ3n) is 3.22. The number of halogens is 1. The third kappa shape index (κ3) is 3.39. The van der Waals surface area contributed by atoms with E-state index in [9.17, 15) is 4.39 Å². The lowest BCUT2D eigenvalue weighted by molar-refractivity contribution is 0.464. The van der Waals surface area contributed by atoms with Gasteiger partial charge in [-0.3, -0.25) is 0 Å². The van der Waals surface area contributed by atoms with E-state index in [1.54, 1.807) is 0 Å². The van der Waals surface area contributed by atoms with Gasteiger partial charge >= 0.3 is 0 Å². The number of rotatable bonds is 4. The van der Waals surface area contributed by atoms with Crippen LogP contribution in [0.2, 0.25) is 0 Å². The van der Waals surface area contributed by atoms with Crippen LogP contribution in [-0.2, 0) is 6.42 Å². The predicted octanol–water partition coefficient (Wildman–Crippen LogP) is 4.00. The Bertz CT molecular complexity index is 830. The van der Waals surface area contributed by atoms with E-state index in [1.165, 1.54) is 6.33 Å². The quantitative estimate of drug-likeness (QED) is 0.674. The van der Waals surface area contributed by atoms with E-state index in [0.717, 1.165) is 28.5 Å². The average Bonchev–Trinajstić information content (AvgIpc) is 2.97. The molecule has 2 aromatic heterocycles. The summed E-state index contributed by atoms with van der Waals surface area (Å²) < 4.78 is 19.8. The molecular weight excluding hydrogens is 315 g/mol. The van der Waals surface area contributed by atoms with Gasteiger partial charge in [-0.15, -0.1) is 10.2 Å². The van der Waals surface area contributed by atoms with Crippen molar-refractivity contribution >= 4 is 11.8 Å². The minimum atomic E-state index is -0.439. The Morgan fingerprint density at radius 1 is 1.09 bits per heavy atom. The van der Waals surface area contributed by atoms with Crippen LogP contribution in [0.3, 0.4) is 0 Å². The summed E-state index contributed by atoms with van der Waals surface area (Å²) in [5.41, 5.74) is 3.44. The second kappa shape index (κ2) is 6.45. The van der Waals surface area contributed by atoms with Gasteiger partial charge in [-0.1, -0.05) is 24.1 Å². The molecule has 0 saturated carbocycles. The first-order valence-corrected chi connectivity index (χ1v) is 7.98. The van der Waals surface area contributed by atoms with Crippen LogP contribution in [0.5, 0.6) is 0 Å². The van der Waals surface area contributed by atoms with Gasteiger partial charge in [0.15, 0.2) is 5.82 Å². The summed E-state index contributed by atoms with van der Waals surface area (Å²) in [6, 6.07) is 6.00. The van der Waals surface area contributed by atoms with Crippen molar-refractivity contribution in [3.8, 4) is 11.5 Å². The zero-order chi connectivity index (χ0) is 16.4. The molecule has 2 heterocycles. The van der Waals surface area contributed by atoms with Gasteiger partial charge in [-0.05, 0) is 44.2 Å². The molecule has 0 aliphatic rings. The topological polar surface area (TPSA) is 64.7 Å². The summed E-state index contributed by atoms with van der Waals surface area (Å²) in [5.74, 6) is -0.0318. The van der Waals surface area contributed by atoms with Gasteiger partial charge in [0.1, 0.15) is 11.4 Å². The van der Waals surface area contributed by atoms with Crippen molar-refractivity contribution in [3.63, 3.8) is 0 Å². The normalized spacial score (nSPS) is 11.0. The van der Waals surface area contributed by atoms with E-state index in [4.69, 9.17) is 4.42 Å². The smallest absolute Gasteiger partial charge is 0.283 e. The van der Waals surface area contributed by atoms with Crippen molar-refractivity contribution in [3.05, 3.63) is 47.2 Å². The molecule has 0 aliphatic carbocycles. The maximum atomic E-state index is 14.2. The second-order valence-corrected chi connectivity index (χ2v) is 6.08. The summed E-state index contributed by atoms with van der Waals surface area (Å²) in [7, 11) is 0. The van der Waals surface area contributed by atoms with E-state index in [1.807, 2.05) is 32.9 Å². The Morgan fingerprint density at radius 3 is 2.52 bits per heavy atom. The van der Waals surface area contributed by atoms with Crippen LogP contribution in [0.25, 0.3) is 11.5 Å². The number of hydrogen-bond donors (Lipinski definition) is 0. The Balaban J connectivity index is 1.88. The molecule has 3 rings (SSSR count). The number of aryl methyl sites for hydroxylation is 3. The number of aromatic nitrogens is 4. The monoisotopic (exact) mass is 330 g/mol. The lowest BCUT2D eigenvalue weighted by atomic mass is 10.1. The molecule has 23 heavy (non-hydrogen) atoms. The standard InChI is InChI=1S/C16H15FN4OS/c1-4-12-13(17)15(19-8-18-12)23-16-21-20-14(22-16)11-6-9(2)5-10(3)7-11/h5-8H,4H2,1-3H3. The molecule has 0 radical (unpaired) electrons. The zero-order valence-electron chi connectivity index (χ0n) is 13.0.